The lowest BCUT2D eigenvalue weighted by Gasteiger charge is -2.13. The highest BCUT2D eigenvalue weighted by Gasteiger charge is 2.07. The smallest absolute Gasteiger partial charge is 0.335 e. The third-order valence-electron chi connectivity index (χ3n) is 3.35. The molecular weight excluding hydrogens is 238 g/mol. The van der Waals surface area contributed by atoms with Crippen molar-refractivity contribution >= 4 is 17.3 Å². The number of rotatable bonds is 3. The quantitative estimate of drug-likeness (QED) is 0.869. The molecule has 0 radical (unpaired) electrons. The Morgan fingerprint density at radius 2 is 1.74 bits per heavy atom. The maximum absolute atomic E-state index is 10.9. The molecule has 2 aromatic carbocycles. The van der Waals surface area contributed by atoms with Crippen molar-refractivity contribution in [2.45, 2.75) is 20.8 Å². The van der Waals surface area contributed by atoms with Crippen LogP contribution in [0, 0.1) is 20.8 Å². The molecule has 19 heavy (non-hydrogen) atoms. The summed E-state index contributed by atoms with van der Waals surface area (Å²) < 4.78 is 0. The molecule has 0 amide bonds. The zero-order valence-electron chi connectivity index (χ0n) is 11.3. The van der Waals surface area contributed by atoms with E-state index >= 15 is 0 Å². The molecule has 0 saturated heterocycles. The molecule has 0 saturated carbocycles. The molecule has 0 aromatic heterocycles. The van der Waals surface area contributed by atoms with Crippen molar-refractivity contribution in [2.75, 3.05) is 5.32 Å². The van der Waals surface area contributed by atoms with Gasteiger partial charge in [-0.3, -0.25) is 0 Å². The summed E-state index contributed by atoms with van der Waals surface area (Å²) in [4.78, 5) is 10.9. The molecule has 2 N–H and O–H groups in total. The van der Waals surface area contributed by atoms with Crippen LogP contribution in [0.25, 0.3) is 0 Å². The van der Waals surface area contributed by atoms with Crippen LogP contribution in [0.2, 0.25) is 0 Å². The van der Waals surface area contributed by atoms with Gasteiger partial charge >= 0.3 is 5.97 Å². The van der Waals surface area contributed by atoms with Crippen LogP contribution in [0.5, 0.6) is 0 Å². The molecule has 0 atom stereocenters. The summed E-state index contributed by atoms with van der Waals surface area (Å²) in [6.07, 6.45) is 0. The van der Waals surface area contributed by atoms with Crippen LogP contribution in [-0.2, 0) is 0 Å². The summed E-state index contributed by atoms with van der Waals surface area (Å²) in [5.74, 6) is -0.901. The van der Waals surface area contributed by atoms with Crippen LogP contribution in [-0.4, -0.2) is 11.1 Å². The van der Waals surface area contributed by atoms with E-state index in [-0.39, 0.29) is 0 Å². The molecule has 0 unspecified atom stereocenters. The predicted octanol–water partition coefficient (Wildman–Crippen LogP) is 4.05. The Hall–Kier alpha value is -2.29. The fraction of sp³-hybridized carbons (Fsp3) is 0.188. The second-order valence-corrected chi connectivity index (χ2v) is 4.71. The Bertz CT molecular complexity index is 633. The maximum Gasteiger partial charge on any atom is 0.335 e. The fourth-order valence-electron chi connectivity index (χ4n) is 1.97. The van der Waals surface area contributed by atoms with Gasteiger partial charge in [0, 0.05) is 11.4 Å². The average molecular weight is 255 g/mol. The lowest BCUT2D eigenvalue weighted by molar-refractivity contribution is 0.0697. The monoisotopic (exact) mass is 255 g/mol. The van der Waals surface area contributed by atoms with E-state index in [4.69, 9.17) is 5.11 Å². The normalized spacial score (nSPS) is 10.3. The van der Waals surface area contributed by atoms with Crippen LogP contribution < -0.4 is 5.32 Å². The highest BCUT2D eigenvalue weighted by molar-refractivity contribution is 5.88. The van der Waals surface area contributed by atoms with Crippen LogP contribution in [0.4, 0.5) is 11.4 Å². The van der Waals surface area contributed by atoms with E-state index in [1.165, 1.54) is 11.1 Å². The SMILES string of the molecule is Cc1cc(C(=O)O)ccc1Nc1cccc(C)c1C. The summed E-state index contributed by atoms with van der Waals surface area (Å²) in [5, 5.41) is 12.3. The number of hydrogen-bond acceptors (Lipinski definition) is 2. The van der Waals surface area contributed by atoms with E-state index in [0.717, 1.165) is 16.9 Å². The van der Waals surface area contributed by atoms with Crippen molar-refractivity contribution in [3.63, 3.8) is 0 Å². The molecule has 0 aliphatic rings. The molecule has 0 aliphatic heterocycles. The number of aryl methyl sites for hydroxylation is 2. The van der Waals surface area contributed by atoms with Crippen molar-refractivity contribution in [1.29, 1.82) is 0 Å². The van der Waals surface area contributed by atoms with Crippen molar-refractivity contribution in [1.82, 2.24) is 0 Å². The largest absolute Gasteiger partial charge is 0.478 e. The molecule has 3 nitrogen and oxygen atoms in total. The minimum Gasteiger partial charge on any atom is -0.478 e. The van der Waals surface area contributed by atoms with Crippen LogP contribution in [0.15, 0.2) is 36.4 Å². The number of carboxylic acid groups (broad SMARTS) is 1. The first kappa shape index (κ1) is 13.1. The standard InChI is InChI=1S/C16H17NO2/c1-10-5-4-6-15(12(10)3)17-14-8-7-13(16(18)19)9-11(14)2/h4-9,17H,1-3H3,(H,18,19). The predicted molar refractivity (Wildman–Crippen MR) is 77.3 cm³/mol. The lowest BCUT2D eigenvalue weighted by atomic mass is 10.1. The number of nitrogens with one attached hydrogen (secondary N) is 1. The van der Waals surface area contributed by atoms with E-state index in [1.54, 1.807) is 18.2 Å². The molecule has 0 fully saturated rings. The third-order valence-corrected chi connectivity index (χ3v) is 3.35. The Morgan fingerprint density at radius 1 is 1.00 bits per heavy atom. The molecular formula is C16H17NO2. The zero-order chi connectivity index (χ0) is 14.0. The molecule has 3 heteroatoms. The van der Waals surface area contributed by atoms with Gasteiger partial charge < -0.3 is 10.4 Å². The van der Waals surface area contributed by atoms with E-state index in [2.05, 4.69) is 25.2 Å². The summed E-state index contributed by atoms with van der Waals surface area (Å²) >= 11 is 0. The van der Waals surface area contributed by atoms with Crippen LogP contribution >= 0.6 is 0 Å². The number of anilines is 2. The molecule has 0 heterocycles. The highest BCUT2D eigenvalue weighted by atomic mass is 16.4. The van der Waals surface area contributed by atoms with E-state index in [1.807, 2.05) is 19.1 Å². The zero-order valence-corrected chi connectivity index (χ0v) is 11.3. The first-order valence-electron chi connectivity index (χ1n) is 6.16. The van der Waals surface area contributed by atoms with Gasteiger partial charge in [-0.05, 0) is 61.7 Å². The van der Waals surface area contributed by atoms with Gasteiger partial charge in [-0.15, -0.1) is 0 Å². The van der Waals surface area contributed by atoms with Gasteiger partial charge in [-0.25, -0.2) is 4.79 Å². The van der Waals surface area contributed by atoms with Crippen molar-refractivity contribution in [3.8, 4) is 0 Å². The summed E-state index contributed by atoms with van der Waals surface area (Å²) in [6, 6.07) is 11.2. The van der Waals surface area contributed by atoms with Crippen LogP contribution in [0.1, 0.15) is 27.0 Å². The van der Waals surface area contributed by atoms with Gasteiger partial charge in [0.2, 0.25) is 0 Å². The topological polar surface area (TPSA) is 49.3 Å². The Morgan fingerprint density at radius 3 is 2.37 bits per heavy atom. The first-order valence-corrected chi connectivity index (χ1v) is 6.16. The van der Waals surface area contributed by atoms with E-state index < -0.39 is 5.97 Å². The second-order valence-electron chi connectivity index (χ2n) is 4.71. The van der Waals surface area contributed by atoms with Gasteiger partial charge in [-0.2, -0.15) is 0 Å². The average Bonchev–Trinajstić information content (AvgIpc) is 2.37. The lowest BCUT2D eigenvalue weighted by Crippen LogP contribution is -2.00. The van der Waals surface area contributed by atoms with Crippen molar-refractivity contribution in [3.05, 3.63) is 58.7 Å². The molecule has 2 aromatic rings. The molecule has 98 valence electrons. The number of carboxylic acids is 1. The Labute approximate surface area is 112 Å². The minimum atomic E-state index is -0.901. The number of hydrogen-bond donors (Lipinski definition) is 2. The number of aromatic carboxylic acids is 1. The van der Waals surface area contributed by atoms with Crippen molar-refractivity contribution < 1.29 is 9.90 Å². The fourth-order valence-corrected chi connectivity index (χ4v) is 1.97. The van der Waals surface area contributed by atoms with E-state index in [9.17, 15) is 4.79 Å². The van der Waals surface area contributed by atoms with Gasteiger partial charge in [-0.1, -0.05) is 12.1 Å². The minimum absolute atomic E-state index is 0.309. The molecule has 0 bridgehead atoms. The van der Waals surface area contributed by atoms with Gasteiger partial charge in [0.25, 0.3) is 0 Å². The van der Waals surface area contributed by atoms with Crippen molar-refractivity contribution in [2.24, 2.45) is 0 Å². The summed E-state index contributed by atoms with van der Waals surface area (Å²) in [6.45, 7) is 6.04. The summed E-state index contributed by atoms with van der Waals surface area (Å²) in [7, 11) is 0. The second kappa shape index (κ2) is 5.14. The van der Waals surface area contributed by atoms with Gasteiger partial charge in [0.15, 0.2) is 0 Å². The molecule has 2 rings (SSSR count). The molecule has 0 aliphatic carbocycles. The highest BCUT2D eigenvalue weighted by Crippen LogP contribution is 2.25. The first-order chi connectivity index (χ1) is 8.99. The number of benzene rings is 2. The van der Waals surface area contributed by atoms with E-state index in [0.29, 0.717) is 5.56 Å². The summed E-state index contributed by atoms with van der Waals surface area (Å²) in [5.41, 5.74) is 5.63. The van der Waals surface area contributed by atoms with Gasteiger partial charge in [0.05, 0.1) is 5.56 Å². The number of carbonyl (C=O) groups is 1. The Balaban J connectivity index is 2.34. The molecule has 0 spiro atoms. The maximum atomic E-state index is 10.9. The third kappa shape index (κ3) is 2.76. The van der Waals surface area contributed by atoms with Crippen LogP contribution in [0.3, 0.4) is 0 Å². The van der Waals surface area contributed by atoms with Gasteiger partial charge in [0.1, 0.15) is 0 Å². The Kier molecular flexibility index (Phi) is 3.56.